The average molecular weight is 288 g/mol. The second-order valence-electron chi connectivity index (χ2n) is 6.61. The number of rotatable bonds is 5. The topological polar surface area (TPSA) is 55.1 Å². The average Bonchev–Trinajstić information content (AvgIpc) is 2.47. The van der Waals surface area contributed by atoms with E-state index in [-0.39, 0.29) is 5.91 Å². The molecule has 3 heteroatoms. The molecule has 1 amide bonds. The highest BCUT2D eigenvalue weighted by Gasteiger charge is 2.20. The standard InChI is InChI=1S/C18H28N2O/c1-13-6-8-16(9-7-13)17(19)18(21)20-11-10-15-5-3-4-14(2)12-15/h6-9,14-15,17H,3-5,10-12,19H2,1-2H3,(H,20,21). The molecule has 1 aromatic carbocycles. The number of aryl methyl sites for hydroxylation is 1. The SMILES string of the molecule is Cc1ccc(C(N)C(=O)NCCC2CCCC(C)C2)cc1. The van der Waals surface area contributed by atoms with Crippen LogP contribution in [0.4, 0.5) is 0 Å². The number of nitrogens with one attached hydrogen (secondary N) is 1. The summed E-state index contributed by atoms with van der Waals surface area (Å²) >= 11 is 0. The van der Waals surface area contributed by atoms with Gasteiger partial charge in [0, 0.05) is 6.54 Å². The van der Waals surface area contributed by atoms with Crippen LogP contribution in [0.1, 0.15) is 56.2 Å². The molecule has 3 nitrogen and oxygen atoms in total. The Morgan fingerprint density at radius 1 is 1.33 bits per heavy atom. The molecule has 116 valence electrons. The summed E-state index contributed by atoms with van der Waals surface area (Å²) in [5.41, 5.74) is 8.08. The van der Waals surface area contributed by atoms with Gasteiger partial charge in [0.15, 0.2) is 0 Å². The number of hydrogen-bond donors (Lipinski definition) is 2. The van der Waals surface area contributed by atoms with Crippen molar-refractivity contribution in [1.29, 1.82) is 0 Å². The third-order valence-corrected chi connectivity index (χ3v) is 4.62. The Balaban J connectivity index is 1.75. The Labute approximate surface area is 128 Å². The lowest BCUT2D eigenvalue weighted by Gasteiger charge is -2.26. The van der Waals surface area contributed by atoms with Crippen molar-refractivity contribution >= 4 is 5.91 Å². The summed E-state index contributed by atoms with van der Waals surface area (Å²) < 4.78 is 0. The van der Waals surface area contributed by atoms with Gasteiger partial charge in [0.05, 0.1) is 0 Å². The Morgan fingerprint density at radius 2 is 2.05 bits per heavy atom. The zero-order valence-electron chi connectivity index (χ0n) is 13.3. The van der Waals surface area contributed by atoms with Gasteiger partial charge in [-0.3, -0.25) is 4.79 Å². The van der Waals surface area contributed by atoms with Crippen LogP contribution in [0.3, 0.4) is 0 Å². The maximum Gasteiger partial charge on any atom is 0.241 e. The van der Waals surface area contributed by atoms with E-state index in [4.69, 9.17) is 5.73 Å². The van der Waals surface area contributed by atoms with Crippen LogP contribution in [0.15, 0.2) is 24.3 Å². The second-order valence-corrected chi connectivity index (χ2v) is 6.61. The van der Waals surface area contributed by atoms with Crippen LogP contribution in [-0.4, -0.2) is 12.5 Å². The molecule has 0 saturated heterocycles. The van der Waals surface area contributed by atoms with Gasteiger partial charge in [0.25, 0.3) is 0 Å². The van der Waals surface area contributed by atoms with Crippen molar-refractivity contribution in [2.45, 2.75) is 52.0 Å². The van der Waals surface area contributed by atoms with Crippen molar-refractivity contribution in [3.05, 3.63) is 35.4 Å². The highest BCUT2D eigenvalue weighted by molar-refractivity contribution is 5.82. The van der Waals surface area contributed by atoms with Crippen molar-refractivity contribution < 1.29 is 4.79 Å². The minimum absolute atomic E-state index is 0.0669. The molecule has 0 aromatic heterocycles. The summed E-state index contributed by atoms with van der Waals surface area (Å²) in [5.74, 6) is 1.54. The molecular weight excluding hydrogens is 260 g/mol. The number of carbonyl (C=O) groups is 1. The summed E-state index contributed by atoms with van der Waals surface area (Å²) in [6, 6.07) is 7.29. The van der Waals surface area contributed by atoms with Crippen molar-refractivity contribution in [3.63, 3.8) is 0 Å². The van der Waals surface area contributed by atoms with E-state index in [1.165, 1.54) is 31.2 Å². The summed E-state index contributed by atoms with van der Waals surface area (Å²) in [7, 11) is 0. The Morgan fingerprint density at radius 3 is 2.71 bits per heavy atom. The quantitative estimate of drug-likeness (QED) is 0.873. The van der Waals surface area contributed by atoms with E-state index in [1.807, 2.05) is 31.2 Å². The van der Waals surface area contributed by atoms with Gasteiger partial charge < -0.3 is 11.1 Å². The molecule has 1 aliphatic carbocycles. The van der Waals surface area contributed by atoms with E-state index in [0.29, 0.717) is 0 Å². The van der Waals surface area contributed by atoms with Crippen LogP contribution in [0.5, 0.6) is 0 Å². The first-order chi connectivity index (χ1) is 10.1. The van der Waals surface area contributed by atoms with Gasteiger partial charge >= 0.3 is 0 Å². The summed E-state index contributed by atoms with van der Waals surface area (Å²) in [5, 5.41) is 2.99. The molecule has 0 aliphatic heterocycles. The van der Waals surface area contributed by atoms with Crippen LogP contribution < -0.4 is 11.1 Å². The lowest BCUT2D eigenvalue weighted by atomic mass is 9.81. The summed E-state index contributed by atoms with van der Waals surface area (Å²) in [6.07, 6.45) is 6.39. The molecule has 1 aliphatic rings. The molecule has 1 fully saturated rings. The fraction of sp³-hybridized carbons (Fsp3) is 0.611. The smallest absolute Gasteiger partial charge is 0.241 e. The maximum atomic E-state index is 12.1. The fourth-order valence-electron chi connectivity index (χ4n) is 3.26. The van der Waals surface area contributed by atoms with Gasteiger partial charge in [0.2, 0.25) is 5.91 Å². The fourth-order valence-corrected chi connectivity index (χ4v) is 3.26. The molecule has 0 radical (unpaired) electrons. The van der Waals surface area contributed by atoms with E-state index < -0.39 is 6.04 Å². The molecule has 1 saturated carbocycles. The van der Waals surface area contributed by atoms with E-state index in [9.17, 15) is 4.79 Å². The minimum atomic E-state index is -0.559. The summed E-state index contributed by atoms with van der Waals surface area (Å²) in [4.78, 5) is 12.1. The third-order valence-electron chi connectivity index (χ3n) is 4.62. The molecule has 3 N–H and O–H groups in total. The Bertz CT molecular complexity index is 455. The van der Waals surface area contributed by atoms with Gasteiger partial charge in [-0.2, -0.15) is 0 Å². The first-order valence-electron chi connectivity index (χ1n) is 8.16. The monoisotopic (exact) mass is 288 g/mol. The second kappa shape index (κ2) is 7.60. The molecule has 2 rings (SSSR count). The highest BCUT2D eigenvalue weighted by Crippen LogP contribution is 2.30. The van der Waals surface area contributed by atoms with Crippen LogP contribution in [-0.2, 0) is 4.79 Å². The Kier molecular flexibility index (Phi) is 5.80. The van der Waals surface area contributed by atoms with E-state index >= 15 is 0 Å². The van der Waals surface area contributed by atoms with Crippen LogP contribution in [0.25, 0.3) is 0 Å². The number of amides is 1. The summed E-state index contributed by atoms with van der Waals surface area (Å²) in [6.45, 7) is 5.11. The van der Waals surface area contributed by atoms with E-state index in [0.717, 1.165) is 30.4 Å². The zero-order chi connectivity index (χ0) is 15.2. The number of hydrogen-bond acceptors (Lipinski definition) is 2. The highest BCUT2D eigenvalue weighted by atomic mass is 16.2. The number of benzene rings is 1. The number of nitrogens with two attached hydrogens (primary N) is 1. The molecule has 3 atom stereocenters. The normalized spacial score (nSPS) is 23.6. The van der Waals surface area contributed by atoms with Crippen molar-refractivity contribution in [1.82, 2.24) is 5.32 Å². The largest absolute Gasteiger partial charge is 0.354 e. The van der Waals surface area contributed by atoms with Crippen molar-refractivity contribution in [2.75, 3.05) is 6.54 Å². The van der Waals surface area contributed by atoms with Crippen molar-refractivity contribution in [3.8, 4) is 0 Å². The Hall–Kier alpha value is -1.35. The zero-order valence-corrected chi connectivity index (χ0v) is 13.3. The van der Waals surface area contributed by atoms with Crippen molar-refractivity contribution in [2.24, 2.45) is 17.6 Å². The molecule has 0 spiro atoms. The van der Waals surface area contributed by atoms with Crippen LogP contribution in [0, 0.1) is 18.8 Å². The van der Waals surface area contributed by atoms with Gasteiger partial charge in [-0.25, -0.2) is 0 Å². The van der Waals surface area contributed by atoms with Gasteiger partial charge in [-0.15, -0.1) is 0 Å². The predicted molar refractivity (Wildman–Crippen MR) is 86.9 cm³/mol. The van der Waals surface area contributed by atoms with Gasteiger partial charge in [-0.05, 0) is 37.2 Å². The van der Waals surface area contributed by atoms with Gasteiger partial charge in [-0.1, -0.05) is 56.0 Å². The lowest BCUT2D eigenvalue weighted by molar-refractivity contribution is -0.122. The first-order valence-corrected chi connectivity index (χ1v) is 8.16. The molecule has 3 unspecified atom stereocenters. The minimum Gasteiger partial charge on any atom is -0.354 e. The lowest BCUT2D eigenvalue weighted by Crippen LogP contribution is -2.35. The van der Waals surface area contributed by atoms with E-state index in [1.54, 1.807) is 0 Å². The molecular formula is C18H28N2O. The number of carbonyl (C=O) groups excluding carboxylic acids is 1. The predicted octanol–water partition coefficient (Wildman–Crippen LogP) is 3.33. The molecule has 21 heavy (non-hydrogen) atoms. The van der Waals surface area contributed by atoms with E-state index in [2.05, 4.69) is 12.2 Å². The van der Waals surface area contributed by atoms with Gasteiger partial charge in [0.1, 0.15) is 6.04 Å². The van der Waals surface area contributed by atoms with Crippen LogP contribution >= 0.6 is 0 Å². The first kappa shape index (κ1) is 16.0. The molecule has 1 aromatic rings. The molecule has 0 bridgehead atoms. The third kappa shape index (κ3) is 4.85. The maximum absolute atomic E-state index is 12.1. The molecule has 0 heterocycles. The van der Waals surface area contributed by atoms with Crippen LogP contribution in [0.2, 0.25) is 0 Å².